The largest absolute Gasteiger partial charge is 0.368 e. The molecule has 3 aliphatic rings. The number of carbonyl (C=O) groups is 2. The first-order valence-corrected chi connectivity index (χ1v) is 18.7. The van der Waals surface area contributed by atoms with Crippen LogP contribution in [-0.2, 0) is 14.3 Å². The van der Waals surface area contributed by atoms with Crippen LogP contribution in [0.1, 0.15) is 73.9 Å². The van der Waals surface area contributed by atoms with Gasteiger partial charge in [0.05, 0.1) is 35.9 Å². The van der Waals surface area contributed by atoms with Crippen molar-refractivity contribution in [3.8, 4) is 33.6 Å². The lowest BCUT2D eigenvalue weighted by molar-refractivity contribution is -0.142. The number of ether oxygens (including phenoxy) is 1. The van der Waals surface area contributed by atoms with Crippen LogP contribution in [0.15, 0.2) is 85.2 Å². The molecule has 8 rings (SSSR count). The Morgan fingerprint density at radius 3 is 1.83 bits per heavy atom. The first-order chi connectivity index (χ1) is 25.4. The van der Waals surface area contributed by atoms with E-state index in [1.54, 1.807) is 0 Å². The van der Waals surface area contributed by atoms with Crippen molar-refractivity contribution in [2.24, 2.45) is 0 Å². The lowest BCUT2D eigenvalue weighted by atomic mass is 10.0. The van der Waals surface area contributed by atoms with Gasteiger partial charge in [0.1, 0.15) is 23.8 Å². The second kappa shape index (κ2) is 14.7. The predicted octanol–water partition coefficient (Wildman–Crippen LogP) is 7.60. The monoisotopic (exact) mass is 717 g/mol. The molecule has 3 fully saturated rings. The molecule has 268 valence electrons. The predicted molar refractivity (Wildman–Crippen MR) is 201 cm³/mol. The Kier molecular flexibility index (Phi) is 9.70. The molecule has 4 atom stereocenters. The zero-order chi connectivity index (χ0) is 35.8. The minimum atomic E-state index is -0.473. The number of nitrogens with zero attached hydrogens (tertiary/aromatic N) is 5. The number of aromatic nitrogens is 4. The van der Waals surface area contributed by atoms with Crippen molar-refractivity contribution in [3.63, 3.8) is 0 Å². The van der Waals surface area contributed by atoms with Crippen molar-refractivity contribution >= 4 is 23.4 Å². The molecule has 5 aromatic rings. The fourth-order valence-electron chi connectivity index (χ4n) is 8.06. The highest BCUT2D eigenvalue weighted by Gasteiger charge is 2.39. The molecule has 11 heteroatoms. The number of benzene rings is 3. The Morgan fingerprint density at radius 2 is 1.29 bits per heavy atom. The molecular formula is C41H44ClN7O3. The van der Waals surface area contributed by atoms with Crippen LogP contribution < -0.4 is 0 Å². The van der Waals surface area contributed by atoms with E-state index in [9.17, 15) is 9.59 Å². The van der Waals surface area contributed by atoms with Crippen molar-refractivity contribution in [1.82, 2.24) is 34.6 Å². The summed E-state index contributed by atoms with van der Waals surface area (Å²) in [7, 11) is 3.83. The number of halogens is 1. The summed E-state index contributed by atoms with van der Waals surface area (Å²) in [6, 6.07) is 23.8. The van der Waals surface area contributed by atoms with E-state index in [1.807, 2.05) is 65.5 Å². The minimum absolute atomic E-state index is 0.0314. The molecule has 0 saturated carbocycles. The summed E-state index contributed by atoms with van der Waals surface area (Å²) in [6.07, 6.45) is 8.81. The molecule has 2 amide bonds. The molecule has 3 aliphatic heterocycles. The Hall–Kier alpha value is -4.77. The van der Waals surface area contributed by atoms with Crippen molar-refractivity contribution in [3.05, 3.63) is 107 Å². The summed E-state index contributed by atoms with van der Waals surface area (Å²) >= 11 is 6.54. The number of H-pyrrole nitrogens is 2. The van der Waals surface area contributed by atoms with E-state index < -0.39 is 6.04 Å². The van der Waals surface area contributed by atoms with E-state index in [-0.39, 0.29) is 30.0 Å². The summed E-state index contributed by atoms with van der Waals surface area (Å²) < 4.78 is 5.68. The van der Waals surface area contributed by atoms with Crippen molar-refractivity contribution in [1.29, 1.82) is 0 Å². The smallest absolute Gasteiger partial charge is 0.252 e. The highest BCUT2D eigenvalue weighted by Crippen LogP contribution is 2.37. The van der Waals surface area contributed by atoms with Gasteiger partial charge in [-0.2, -0.15) is 0 Å². The van der Waals surface area contributed by atoms with Crippen molar-refractivity contribution in [2.45, 2.75) is 62.8 Å². The SMILES string of the molecule is CN(C)[C@@H](C(=O)N1CCC[C@H]1c1ncc(-c2ccc(-c3ccc(-c4cnc([C@@H]5CCCN5C(=O)[C@H]5CCCO5)[nH]4)cc3)cc2)[nH]1)c1ccccc1Cl. The summed E-state index contributed by atoms with van der Waals surface area (Å²) in [4.78, 5) is 49.4. The summed E-state index contributed by atoms with van der Waals surface area (Å²) in [5.74, 6) is 1.76. The van der Waals surface area contributed by atoms with Crippen LogP contribution in [0.2, 0.25) is 5.02 Å². The van der Waals surface area contributed by atoms with Crippen LogP contribution in [0.5, 0.6) is 0 Å². The molecule has 2 N–H and O–H groups in total. The van der Waals surface area contributed by atoms with E-state index in [4.69, 9.17) is 26.3 Å². The number of imidazole rings is 2. The molecule has 10 nitrogen and oxygen atoms in total. The number of aromatic amines is 2. The van der Waals surface area contributed by atoms with E-state index in [1.165, 1.54) is 0 Å². The van der Waals surface area contributed by atoms with Gasteiger partial charge in [0.15, 0.2) is 0 Å². The van der Waals surface area contributed by atoms with Crippen molar-refractivity contribution in [2.75, 3.05) is 33.8 Å². The topological polar surface area (TPSA) is 110 Å². The highest BCUT2D eigenvalue weighted by atomic mass is 35.5. The molecular weight excluding hydrogens is 674 g/mol. The molecule has 5 heterocycles. The van der Waals surface area contributed by atoms with E-state index in [2.05, 4.69) is 58.5 Å². The number of carbonyl (C=O) groups excluding carboxylic acids is 2. The molecule has 0 unspecified atom stereocenters. The van der Waals surface area contributed by atoms with Gasteiger partial charge >= 0.3 is 0 Å². The van der Waals surface area contributed by atoms with Gasteiger partial charge in [-0.25, -0.2) is 9.97 Å². The Bertz CT molecular complexity index is 2030. The quantitative estimate of drug-likeness (QED) is 0.163. The Morgan fingerprint density at radius 1 is 0.750 bits per heavy atom. The first-order valence-electron chi connectivity index (χ1n) is 18.3. The summed E-state index contributed by atoms with van der Waals surface area (Å²) in [6.45, 7) is 2.09. The van der Waals surface area contributed by atoms with Gasteiger partial charge in [0.25, 0.3) is 5.91 Å². The van der Waals surface area contributed by atoms with E-state index in [0.717, 1.165) is 95.9 Å². The van der Waals surface area contributed by atoms with Gasteiger partial charge in [-0.15, -0.1) is 0 Å². The van der Waals surface area contributed by atoms with Crippen LogP contribution in [0.3, 0.4) is 0 Å². The molecule has 0 spiro atoms. The van der Waals surface area contributed by atoms with E-state index >= 15 is 0 Å². The number of hydrogen-bond acceptors (Lipinski definition) is 6. The lowest BCUT2D eigenvalue weighted by Crippen LogP contribution is -2.40. The molecule has 0 aliphatic carbocycles. The normalized spacial score (nSPS) is 21.0. The highest BCUT2D eigenvalue weighted by molar-refractivity contribution is 6.31. The van der Waals surface area contributed by atoms with Gasteiger partial charge in [0.2, 0.25) is 5.91 Å². The maximum atomic E-state index is 14.0. The van der Waals surface area contributed by atoms with Gasteiger partial charge < -0.3 is 24.5 Å². The zero-order valence-electron chi connectivity index (χ0n) is 29.6. The number of likely N-dealkylation sites (tertiary alicyclic amines) is 2. The van der Waals surface area contributed by atoms with Gasteiger partial charge in [-0.1, -0.05) is 78.3 Å². The lowest BCUT2D eigenvalue weighted by Gasteiger charge is -2.32. The second-order valence-electron chi connectivity index (χ2n) is 14.3. The van der Waals surface area contributed by atoms with Crippen LogP contribution in [0, 0.1) is 0 Å². The third-order valence-electron chi connectivity index (χ3n) is 10.8. The fraction of sp³-hybridized carbons (Fsp3) is 0.366. The average molecular weight is 718 g/mol. The van der Waals surface area contributed by atoms with Crippen molar-refractivity contribution < 1.29 is 14.3 Å². The zero-order valence-corrected chi connectivity index (χ0v) is 30.4. The second-order valence-corrected chi connectivity index (χ2v) is 14.7. The summed E-state index contributed by atoms with van der Waals surface area (Å²) in [5.41, 5.74) is 6.95. The maximum absolute atomic E-state index is 14.0. The van der Waals surface area contributed by atoms with E-state index in [0.29, 0.717) is 18.2 Å². The van der Waals surface area contributed by atoms with Crippen LogP contribution in [0.25, 0.3) is 33.6 Å². The number of hydrogen-bond donors (Lipinski definition) is 2. The third kappa shape index (κ3) is 6.66. The van der Waals surface area contributed by atoms with Crippen LogP contribution in [0.4, 0.5) is 0 Å². The van der Waals surface area contributed by atoms with Gasteiger partial charge in [0, 0.05) is 24.7 Å². The Balaban J connectivity index is 0.933. The van der Waals surface area contributed by atoms with Gasteiger partial charge in [-0.3, -0.25) is 14.5 Å². The molecule has 52 heavy (non-hydrogen) atoms. The number of rotatable bonds is 9. The molecule has 2 aromatic heterocycles. The fourth-order valence-corrected chi connectivity index (χ4v) is 8.30. The van der Waals surface area contributed by atoms with Gasteiger partial charge in [-0.05, 0) is 86.5 Å². The van der Waals surface area contributed by atoms with Crippen LogP contribution in [-0.4, -0.2) is 86.3 Å². The number of nitrogens with one attached hydrogen (secondary N) is 2. The third-order valence-corrected chi connectivity index (χ3v) is 11.1. The molecule has 0 bridgehead atoms. The molecule has 3 saturated heterocycles. The van der Waals surface area contributed by atoms with Crippen LogP contribution >= 0.6 is 11.6 Å². The summed E-state index contributed by atoms with van der Waals surface area (Å²) in [5, 5.41) is 0.591. The average Bonchev–Trinajstić information content (AvgIpc) is 4.01. The Labute approximate surface area is 309 Å². The maximum Gasteiger partial charge on any atom is 0.252 e. The standard InChI is InChI=1S/C41H44ClN7O3/c1-47(2)37(30-8-3-4-9-31(30)42)41(51)49-22-6-11-35(49)39-44-25-33(46-39)29-19-15-27(16-20-29)26-13-17-28(18-14-26)32-24-43-38(45-32)34-10-5-21-48(34)40(50)36-12-7-23-52-36/h3-4,8-9,13-20,24-25,34-37H,5-7,10-12,21-23H2,1-2H3,(H,43,45)(H,44,46)/t34-,35-,36+,37+/m0/s1. The molecule has 3 aromatic carbocycles. The molecule has 0 radical (unpaired) electrons. The minimum Gasteiger partial charge on any atom is -0.368 e. The number of likely N-dealkylation sites (N-methyl/N-ethyl adjacent to an activating group) is 1. The first kappa shape index (κ1) is 34.3. The number of amides is 2.